The fourth-order valence-corrected chi connectivity index (χ4v) is 3.39. The molecule has 0 aromatic carbocycles. The first kappa shape index (κ1) is 16.5. The van der Waals surface area contributed by atoms with E-state index in [0.717, 1.165) is 32.5 Å². The molecule has 1 aromatic rings. The molecule has 0 bridgehead atoms. The molecule has 0 saturated heterocycles. The summed E-state index contributed by atoms with van der Waals surface area (Å²) in [4.78, 5) is 4.92. The molecule has 21 heavy (non-hydrogen) atoms. The molecule has 0 atom stereocenters. The molecular weight excluding hydrogens is 258 g/mol. The minimum atomic E-state index is 0.372. The lowest BCUT2D eigenvalue weighted by atomic mass is 9.86. The molecule has 0 amide bonds. The normalized spacial score (nSPS) is 15.2. The lowest BCUT2D eigenvalue weighted by molar-refractivity contribution is 0.264. The van der Waals surface area contributed by atoms with Crippen molar-refractivity contribution in [2.75, 3.05) is 6.54 Å². The number of nitrogens with one attached hydrogen (secondary N) is 1. The van der Waals surface area contributed by atoms with Crippen molar-refractivity contribution in [2.45, 2.75) is 85.7 Å². The van der Waals surface area contributed by atoms with Crippen LogP contribution in [-0.2, 0) is 25.9 Å². The predicted molar refractivity (Wildman–Crippen MR) is 89.6 cm³/mol. The first-order valence-corrected chi connectivity index (χ1v) is 8.85. The summed E-state index contributed by atoms with van der Waals surface area (Å²) in [7, 11) is 0. The first-order chi connectivity index (χ1) is 10.1. The van der Waals surface area contributed by atoms with Crippen molar-refractivity contribution in [3.8, 4) is 0 Å². The van der Waals surface area contributed by atoms with Gasteiger partial charge in [-0.3, -0.25) is 0 Å². The van der Waals surface area contributed by atoms with Crippen LogP contribution in [0.25, 0.3) is 0 Å². The van der Waals surface area contributed by atoms with Crippen LogP contribution >= 0.6 is 0 Å². The van der Waals surface area contributed by atoms with Gasteiger partial charge in [-0.05, 0) is 18.3 Å². The van der Waals surface area contributed by atoms with E-state index in [-0.39, 0.29) is 0 Å². The van der Waals surface area contributed by atoms with Crippen LogP contribution in [0.15, 0.2) is 0 Å². The molecule has 0 aliphatic carbocycles. The van der Waals surface area contributed by atoms with Crippen molar-refractivity contribution < 1.29 is 0 Å². The molecule has 3 nitrogen and oxygen atoms in total. The van der Waals surface area contributed by atoms with Gasteiger partial charge in [0, 0.05) is 38.2 Å². The summed E-state index contributed by atoms with van der Waals surface area (Å²) in [6, 6.07) is 0. The van der Waals surface area contributed by atoms with Gasteiger partial charge in [-0.15, -0.1) is 0 Å². The summed E-state index contributed by atoms with van der Waals surface area (Å²) in [5, 5.41) is 3.45. The maximum atomic E-state index is 4.92. The topological polar surface area (TPSA) is 29.9 Å². The second-order valence-corrected chi connectivity index (χ2v) is 7.31. The van der Waals surface area contributed by atoms with Gasteiger partial charge >= 0.3 is 0 Å². The summed E-state index contributed by atoms with van der Waals surface area (Å²) in [6.45, 7) is 12.6. The molecule has 120 valence electrons. The molecule has 1 N–H and O–H groups in total. The van der Waals surface area contributed by atoms with E-state index in [1.165, 1.54) is 49.3 Å². The Bertz CT molecular complexity index is 446. The second-order valence-electron chi connectivity index (χ2n) is 7.31. The zero-order valence-corrected chi connectivity index (χ0v) is 14.5. The smallest absolute Gasteiger partial charge is 0.109 e. The predicted octanol–water partition coefficient (Wildman–Crippen LogP) is 4.09. The van der Waals surface area contributed by atoms with E-state index in [9.17, 15) is 0 Å². The number of aromatic nitrogens is 2. The second kappa shape index (κ2) is 7.44. The highest BCUT2D eigenvalue weighted by Gasteiger charge is 2.25. The lowest BCUT2D eigenvalue weighted by Crippen LogP contribution is -2.27. The highest BCUT2D eigenvalue weighted by atomic mass is 15.1. The number of hydrogen-bond donors (Lipinski definition) is 1. The molecule has 0 unspecified atom stereocenters. The fraction of sp³-hybridized carbons (Fsp3) is 0.833. The van der Waals surface area contributed by atoms with E-state index < -0.39 is 0 Å². The Balaban J connectivity index is 2.15. The van der Waals surface area contributed by atoms with Crippen molar-refractivity contribution in [3.63, 3.8) is 0 Å². The van der Waals surface area contributed by atoms with Gasteiger partial charge in [0.05, 0.1) is 5.69 Å². The maximum absolute atomic E-state index is 4.92. The number of unbranched alkanes of at least 4 members (excludes halogenated alkanes) is 2. The molecule has 1 aliphatic heterocycles. The van der Waals surface area contributed by atoms with Gasteiger partial charge in [0.25, 0.3) is 0 Å². The Labute approximate surface area is 130 Å². The van der Waals surface area contributed by atoms with Crippen molar-refractivity contribution in [3.05, 3.63) is 17.2 Å². The van der Waals surface area contributed by atoms with E-state index in [2.05, 4.69) is 37.6 Å². The molecule has 1 aliphatic rings. The summed E-state index contributed by atoms with van der Waals surface area (Å²) in [5.41, 5.74) is 3.17. The third-order valence-electron chi connectivity index (χ3n) is 4.58. The number of hydrogen-bond acceptors (Lipinski definition) is 2. The van der Waals surface area contributed by atoms with E-state index in [0.29, 0.717) is 5.41 Å². The Morgan fingerprint density at radius 2 is 2.00 bits per heavy atom. The highest BCUT2D eigenvalue weighted by Crippen LogP contribution is 2.29. The first-order valence-electron chi connectivity index (χ1n) is 8.85. The van der Waals surface area contributed by atoms with Crippen LogP contribution in [0.5, 0.6) is 0 Å². The van der Waals surface area contributed by atoms with E-state index in [1.54, 1.807) is 0 Å². The number of imidazole rings is 1. The van der Waals surface area contributed by atoms with Crippen molar-refractivity contribution in [2.24, 2.45) is 5.41 Å². The van der Waals surface area contributed by atoms with E-state index >= 15 is 0 Å². The number of nitrogens with zero attached hydrogens (tertiary/aromatic N) is 2. The van der Waals surface area contributed by atoms with Gasteiger partial charge in [-0.1, -0.05) is 47.0 Å². The summed E-state index contributed by atoms with van der Waals surface area (Å²) in [5.74, 6) is 1.31. The van der Waals surface area contributed by atoms with Crippen LogP contribution in [0.2, 0.25) is 0 Å². The molecule has 0 radical (unpaired) electrons. The van der Waals surface area contributed by atoms with Crippen LogP contribution in [0.3, 0.4) is 0 Å². The van der Waals surface area contributed by atoms with Crippen LogP contribution in [-0.4, -0.2) is 16.1 Å². The fourth-order valence-electron chi connectivity index (χ4n) is 3.39. The van der Waals surface area contributed by atoms with Crippen molar-refractivity contribution in [1.29, 1.82) is 0 Å². The van der Waals surface area contributed by atoms with E-state index in [4.69, 9.17) is 4.98 Å². The Kier molecular flexibility index (Phi) is 5.86. The quantitative estimate of drug-likeness (QED) is 0.731. The van der Waals surface area contributed by atoms with Crippen LogP contribution in [0, 0.1) is 5.41 Å². The average molecular weight is 291 g/mol. The molecule has 1 aromatic heterocycles. The third-order valence-corrected chi connectivity index (χ3v) is 4.58. The van der Waals surface area contributed by atoms with Gasteiger partial charge in [-0.2, -0.15) is 0 Å². The maximum Gasteiger partial charge on any atom is 0.109 e. The van der Waals surface area contributed by atoms with Crippen LogP contribution in [0.1, 0.15) is 77.0 Å². The summed E-state index contributed by atoms with van der Waals surface area (Å²) < 4.78 is 2.56. The van der Waals surface area contributed by atoms with Crippen molar-refractivity contribution >= 4 is 0 Å². The Morgan fingerprint density at radius 3 is 2.71 bits per heavy atom. The standard InChI is InChI=1S/C18H33N3/c1-5-7-8-11-18(3,4)14-21-16-10-12-19-13-15(16)20-17(21)9-6-2/h19H,5-14H2,1-4H3. The Morgan fingerprint density at radius 1 is 1.19 bits per heavy atom. The molecule has 2 heterocycles. The molecule has 3 heteroatoms. The molecule has 0 spiro atoms. The zero-order chi connectivity index (χ0) is 15.3. The number of aryl methyl sites for hydroxylation is 1. The van der Waals surface area contributed by atoms with E-state index in [1.807, 2.05) is 0 Å². The molecule has 0 fully saturated rings. The monoisotopic (exact) mass is 291 g/mol. The minimum Gasteiger partial charge on any atom is -0.331 e. The molecular formula is C18H33N3. The van der Waals surface area contributed by atoms with Gasteiger partial charge in [0.15, 0.2) is 0 Å². The van der Waals surface area contributed by atoms with Gasteiger partial charge in [-0.25, -0.2) is 4.98 Å². The SMILES string of the molecule is CCCCCC(C)(C)Cn1c(CCC)nc2c1CCNC2. The molecule has 0 saturated carbocycles. The van der Waals surface area contributed by atoms with Gasteiger partial charge in [0.1, 0.15) is 5.82 Å². The van der Waals surface area contributed by atoms with Crippen molar-refractivity contribution in [1.82, 2.24) is 14.9 Å². The zero-order valence-electron chi connectivity index (χ0n) is 14.5. The number of fused-ring (bicyclic) bond motifs is 1. The van der Waals surface area contributed by atoms with Gasteiger partial charge < -0.3 is 9.88 Å². The highest BCUT2D eigenvalue weighted by molar-refractivity contribution is 5.20. The lowest BCUT2D eigenvalue weighted by Gasteiger charge is -2.28. The Hall–Kier alpha value is -0.830. The number of rotatable bonds is 8. The molecule has 2 rings (SSSR count). The summed E-state index contributed by atoms with van der Waals surface area (Å²) >= 11 is 0. The third kappa shape index (κ3) is 4.32. The minimum absolute atomic E-state index is 0.372. The van der Waals surface area contributed by atoms with Gasteiger partial charge in [0.2, 0.25) is 0 Å². The van der Waals surface area contributed by atoms with Crippen LogP contribution in [0.4, 0.5) is 0 Å². The largest absolute Gasteiger partial charge is 0.331 e. The average Bonchev–Trinajstić information content (AvgIpc) is 2.77. The van der Waals surface area contributed by atoms with Crippen LogP contribution < -0.4 is 5.32 Å². The summed E-state index contributed by atoms with van der Waals surface area (Å²) in [6.07, 6.45) is 8.76.